The summed E-state index contributed by atoms with van der Waals surface area (Å²) >= 11 is 6.35. The number of aryl methyl sites for hydroxylation is 3. The smallest absolute Gasteiger partial charge is 0.278 e. The van der Waals surface area contributed by atoms with E-state index in [1.807, 2.05) is 0 Å². The van der Waals surface area contributed by atoms with E-state index in [4.69, 9.17) is 11.6 Å². The van der Waals surface area contributed by atoms with E-state index in [0.29, 0.717) is 17.7 Å². The lowest BCUT2D eigenvalue weighted by Gasteiger charge is -2.16. The fraction of sp³-hybridized carbons (Fsp3) is 0.292. The van der Waals surface area contributed by atoms with Gasteiger partial charge in [0.25, 0.3) is 11.5 Å². The molecule has 1 aromatic heterocycles. The standard InChI is InChI=1S/C24H24ClF2N3O3/c1-5-29(3)23(32)16-9-7-14(12-19(16)27)6-8-15-17(25)10-11-18(26)20(15)21-22(31)13(2)28-30(4)24(21)33/h7,9-12,31H,5-6,8H2,1-4H3. The highest BCUT2D eigenvalue weighted by Crippen LogP contribution is 2.36. The van der Waals surface area contributed by atoms with Crippen LogP contribution in [-0.2, 0) is 19.9 Å². The molecule has 2 aromatic carbocycles. The first-order chi connectivity index (χ1) is 15.6. The Morgan fingerprint density at radius 3 is 2.48 bits per heavy atom. The summed E-state index contributed by atoms with van der Waals surface area (Å²) in [6, 6.07) is 6.80. The summed E-state index contributed by atoms with van der Waals surface area (Å²) in [5.41, 5.74) is -0.00403. The Balaban J connectivity index is 2.01. The van der Waals surface area contributed by atoms with Crippen molar-refractivity contribution in [3.63, 3.8) is 0 Å². The summed E-state index contributed by atoms with van der Waals surface area (Å²) in [5, 5.41) is 14.6. The Morgan fingerprint density at radius 2 is 1.85 bits per heavy atom. The van der Waals surface area contributed by atoms with Gasteiger partial charge in [-0.1, -0.05) is 17.7 Å². The number of carbonyl (C=O) groups excluding carboxylic acids is 1. The molecule has 0 aliphatic rings. The molecule has 1 heterocycles. The molecule has 0 spiro atoms. The molecule has 9 heteroatoms. The third kappa shape index (κ3) is 4.75. The van der Waals surface area contributed by atoms with E-state index in [1.165, 1.54) is 37.1 Å². The maximum Gasteiger partial charge on any atom is 0.278 e. The van der Waals surface area contributed by atoms with Crippen molar-refractivity contribution < 1.29 is 18.7 Å². The Morgan fingerprint density at radius 1 is 1.15 bits per heavy atom. The van der Waals surface area contributed by atoms with Crippen molar-refractivity contribution in [3.05, 3.63) is 79.7 Å². The van der Waals surface area contributed by atoms with E-state index in [1.54, 1.807) is 20.0 Å². The van der Waals surface area contributed by atoms with Crippen LogP contribution in [0.25, 0.3) is 11.1 Å². The number of carbonyl (C=O) groups is 1. The van der Waals surface area contributed by atoms with E-state index in [2.05, 4.69) is 5.10 Å². The molecule has 0 saturated heterocycles. The number of aromatic nitrogens is 2. The number of halogens is 3. The molecule has 0 bridgehead atoms. The lowest BCUT2D eigenvalue weighted by Crippen LogP contribution is -2.27. The first kappa shape index (κ1) is 24.4. The topological polar surface area (TPSA) is 75.4 Å². The minimum absolute atomic E-state index is 0.0340. The van der Waals surface area contributed by atoms with E-state index in [9.17, 15) is 23.5 Å². The SMILES string of the molecule is CCN(C)C(=O)c1ccc(CCc2c(Cl)ccc(F)c2-c2c(O)c(C)nn(C)c2=O)cc1F. The van der Waals surface area contributed by atoms with Gasteiger partial charge in [0.2, 0.25) is 0 Å². The monoisotopic (exact) mass is 475 g/mol. The van der Waals surface area contributed by atoms with Crippen LogP contribution in [0.4, 0.5) is 8.78 Å². The Hall–Kier alpha value is -3.26. The molecule has 0 atom stereocenters. The predicted molar refractivity (Wildman–Crippen MR) is 123 cm³/mol. The third-order valence-corrected chi connectivity index (χ3v) is 5.94. The molecule has 3 aromatic rings. The quantitative estimate of drug-likeness (QED) is 0.577. The number of hydrogen-bond donors (Lipinski definition) is 1. The Labute approximate surface area is 195 Å². The van der Waals surface area contributed by atoms with Crippen molar-refractivity contribution in [1.82, 2.24) is 14.7 Å². The first-order valence-electron chi connectivity index (χ1n) is 10.3. The van der Waals surface area contributed by atoms with E-state index in [0.717, 1.165) is 10.7 Å². The van der Waals surface area contributed by atoms with Crippen molar-refractivity contribution in [2.24, 2.45) is 7.05 Å². The number of hydrogen-bond acceptors (Lipinski definition) is 4. The van der Waals surface area contributed by atoms with Crippen LogP contribution in [0, 0.1) is 18.6 Å². The molecule has 0 aliphatic heterocycles. The van der Waals surface area contributed by atoms with Crippen LogP contribution >= 0.6 is 11.6 Å². The molecule has 0 radical (unpaired) electrons. The van der Waals surface area contributed by atoms with Gasteiger partial charge in [0.15, 0.2) is 5.75 Å². The zero-order valence-corrected chi connectivity index (χ0v) is 19.5. The average Bonchev–Trinajstić information content (AvgIpc) is 2.78. The molecule has 3 rings (SSSR count). The molecule has 1 amide bonds. The lowest BCUT2D eigenvalue weighted by atomic mass is 9.94. The van der Waals surface area contributed by atoms with Gasteiger partial charge in [-0.15, -0.1) is 0 Å². The van der Waals surface area contributed by atoms with Crippen molar-refractivity contribution in [1.29, 1.82) is 0 Å². The highest BCUT2D eigenvalue weighted by Gasteiger charge is 2.23. The molecular formula is C24H24ClF2N3O3. The van der Waals surface area contributed by atoms with Gasteiger partial charge < -0.3 is 10.0 Å². The second kappa shape index (κ2) is 9.70. The van der Waals surface area contributed by atoms with E-state index < -0.39 is 28.9 Å². The summed E-state index contributed by atoms with van der Waals surface area (Å²) in [6.45, 7) is 3.74. The van der Waals surface area contributed by atoms with Crippen molar-refractivity contribution in [3.8, 4) is 16.9 Å². The van der Waals surface area contributed by atoms with Crippen LogP contribution in [0.5, 0.6) is 5.75 Å². The summed E-state index contributed by atoms with van der Waals surface area (Å²) in [7, 11) is 2.99. The normalized spacial score (nSPS) is 11.0. The average molecular weight is 476 g/mol. The summed E-state index contributed by atoms with van der Waals surface area (Å²) in [5.74, 6) is -2.22. The number of benzene rings is 2. The molecule has 0 unspecified atom stereocenters. The zero-order valence-electron chi connectivity index (χ0n) is 18.7. The largest absolute Gasteiger partial charge is 0.505 e. The molecule has 174 valence electrons. The van der Waals surface area contributed by atoms with Gasteiger partial charge in [0.1, 0.15) is 17.3 Å². The summed E-state index contributed by atoms with van der Waals surface area (Å²) in [4.78, 5) is 26.4. The van der Waals surface area contributed by atoms with Crippen molar-refractivity contribution in [2.75, 3.05) is 13.6 Å². The minimum Gasteiger partial charge on any atom is -0.505 e. The van der Waals surface area contributed by atoms with Gasteiger partial charge in [0.05, 0.1) is 11.1 Å². The van der Waals surface area contributed by atoms with Gasteiger partial charge in [0, 0.05) is 31.2 Å². The second-order valence-corrected chi connectivity index (χ2v) is 8.16. The van der Waals surface area contributed by atoms with Gasteiger partial charge in [-0.05, 0) is 62.1 Å². The maximum absolute atomic E-state index is 14.9. The Kier molecular flexibility index (Phi) is 7.17. The number of nitrogens with zero attached hydrogens (tertiary/aromatic N) is 3. The molecule has 1 N–H and O–H groups in total. The summed E-state index contributed by atoms with van der Waals surface area (Å²) in [6.07, 6.45) is 0.424. The van der Waals surface area contributed by atoms with Crippen LogP contribution in [0.1, 0.15) is 34.1 Å². The van der Waals surface area contributed by atoms with Crippen LogP contribution in [0.15, 0.2) is 35.1 Å². The fourth-order valence-corrected chi connectivity index (χ4v) is 3.85. The van der Waals surface area contributed by atoms with Gasteiger partial charge in [-0.3, -0.25) is 9.59 Å². The summed E-state index contributed by atoms with van der Waals surface area (Å²) < 4.78 is 30.5. The number of rotatable bonds is 6. The van der Waals surface area contributed by atoms with Crippen LogP contribution in [0.2, 0.25) is 5.02 Å². The van der Waals surface area contributed by atoms with Crippen LogP contribution in [0.3, 0.4) is 0 Å². The first-order valence-corrected chi connectivity index (χ1v) is 10.7. The van der Waals surface area contributed by atoms with Crippen LogP contribution in [-0.4, -0.2) is 39.3 Å². The maximum atomic E-state index is 14.9. The molecule has 0 fully saturated rings. The van der Waals surface area contributed by atoms with Crippen molar-refractivity contribution in [2.45, 2.75) is 26.7 Å². The highest BCUT2D eigenvalue weighted by atomic mass is 35.5. The highest BCUT2D eigenvalue weighted by molar-refractivity contribution is 6.31. The van der Waals surface area contributed by atoms with E-state index >= 15 is 0 Å². The second-order valence-electron chi connectivity index (χ2n) is 7.75. The minimum atomic E-state index is -0.720. The number of aromatic hydroxyl groups is 1. The molecule has 33 heavy (non-hydrogen) atoms. The van der Waals surface area contributed by atoms with Crippen molar-refractivity contribution >= 4 is 17.5 Å². The molecule has 0 saturated carbocycles. The van der Waals surface area contributed by atoms with E-state index in [-0.39, 0.29) is 40.2 Å². The Bertz CT molecular complexity index is 1290. The van der Waals surface area contributed by atoms with Crippen LogP contribution < -0.4 is 5.56 Å². The lowest BCUT2D eigenvalue weighted by molar-refractivity contribution is 0.0798. The van der Waals surface area contributed by atoms with Gasteiger partial charge in [-0.25, -0.2) is 13.5 Å². The fourth-order valence-electron chi connectivity index (χ4n) is 3.60. The van der Waals surface area contributed by atoms with Gasteiger partial charge in [-0.2, -0.15) is 5.10 Å². The predicted octanol–water partition coefficient (Wildman–Crippen LogP) is 4.27. The molecular weight excluding hydrogens is 452 g/mol. The van der Waals surface area contributed by atoms with Gasteiger partial charge >= 0.3 is 0 Å². The third-order valence-electron chi connectivity index (χ3n) is 5.59. The number of amides is 1. The molecule has 6 nitrogen and oxygen atoms in total. The molecule has 0 aliphatic carbocycles. The zero-order chi connectivity index (χ0) is 24.4.